The first-order valence-corrected chi connectivity index (χ1v) is 5.97. The lowest BCUT2D eigenvalue weighted by atomic mass is 10.1. The van der Waals surface area contributed by atoms with Gasteiger partial charge in [0, 0.05) is 23.2 Å². The highest BCUT2D eigenvalue weighted by atomic mass is 35.5. The number of nitrogens with zero attached hydrogens (tertiary/aromatic N) is 2. The summed E-state index contributed by atoms with van der Waals surface area (Å²) in [7, 11) is 0. The lowest BCUT2D eigenvalue weighted by Crippen LogP contribution is -1.98. The number of hydrogen-bond donors (Lipinski definition) is 1. The molecule has 2 heterocycles. The standard InChI is InChI=1S/C13H12ClN3/c1-2-17-13(11-4-3-7-15-11)10-6-5-9(14)8-12(10)16-17/h3-8,15H,2H2,1H3. The largest absolute Gasteiger partial charge is 0.360 e. The predicted octanol–water partition coefficient (Wildman–Crippen LogP) is 3.70. The zero-order chi connectivity index (χ0) is 11.8. The van der Waals surface area contributed by atoms with E-state index in [9.17, 15) is 0 Å². The normalized spacial score (nSPS) is 11.2. The minimum atomic E-state index is 0.719. The third kappa shape index (κ3) is 1.63. The fourth-order valence-corrected chi connectivity index (χ4v) is 2.26. The molecule has 2 aromatic heterocycles. The van der Waals surface area contributed by atoms with Gasteiger partial charge in [-0.25, -0.2) is 0 Å². The predicted molar refractivity (Wildman–Crippen MR) is 70.2 cm³/mol. The monoisotopic (exact) mass is 245 g/mol. The van der Waals surface area contributed by atoms with E-state index in [0.29, 0.717) is 0 Å². The van der Waals surface area contributed by atoms with Gasteiger partial charge < -0.3 is 4.98 Å². The molecule has 4 heteroatoms. The van der Waals surface area contributed by atoms with Crippen LogP contribution in [0.5, 0.6) is 0 Å². The second-order valence-corrected chi connectivity index (χ2v) is 4.35. The van der Waals surface area contributed by atoms with Crippen molar-refractivity contribution in [3.05, 3.63) is 41.6 Å². The first kappa shape index (κ1) is 10.4. The molecular weight excluding hydrogens is 234 g/mol. The molecule has 0 aliphatic rings. The van der Waals surface area contributed by atoms with Crippen molar-refractivity contribution in [3.63, 3.8) is 0 Å². The Morgan fingerprint density at radius 3 is 2.94 bits per heavy atom. The summed E-state index contributed by atoms with van der Waals surface area (Å²) < 4.78 is 1.99. The molecule has 0 fully saturated rings. The summed E-state index contributed by atoms with van der Waals surface area (Å²) in [5.74, 6) is 0. The lowest BCUT2D eigenvalue weighted by Gasteiger charge is -2.02. The first-order chi connectivity index (χ1) is 8.29. The lowest BCUT2D eigenvalue weighted by molar-refractivity contribution is 0.674. The van der Waals surface area contributed by atoms with E-state index < -0.39 is 0 Å². The van der Waals surface area contributed by atoms with Crippen LogP contribution >= 0.6 is 11.6 Å². The van der Waals surface area contributed by atoms with Crippen LogP contribution in [0.2, 0.25) is 5.02 Å². The Bertz CT molecular complexity index is 653. The average molecular weight is 246 g/mol. The highest BCUT2D eigenvalue weighted by Gasteiger charge is 2.12. The van der Waals surface area contributed by atoms with Crippen molar-refractivity contribution >= 4 is 22.5 Å². The van der Waals surface area contributed by atoms with E-state index in [0.717, 1.165) is 33.9 Å². The summed E-state index contributed by atoms with van der Waals surface area (Å²) in [5, 5.41) is 6.40. The number of nitrogens with one attached hydrogen (secondary N) is 1. The van der Waals surface area contributed by atoms with E-state index in [1.165, 1.54) is 0 Å². The van der Waals surface area contributed by atoms with E-state index in [2.05, 4.69) is 23.1 Å². The number of aromatic amines is 1. The van der Waals surface area contributed by atoms with Crippen molar-refractivity contribution in [3.8, 4) is 11.4 Å². The zero-order valence-corrected chi connectivity index (χ0v) is 10.2. The Hall–Kier alpha value is -1.74. The maximum absolute atomic E-state index is 5.99. The number of benzene rings is 1. The van der Waals surface area contributed by atoms with E-state index in [1.54, 1.807) is 0 Å². The molecular formula is C13H12ClN3. The van der Waals surface area contributed by atoms with Gasteiger partial charge in [0.1, 0.15) is 0 Å². The van der Waals surface area contributed by atoms with Gasteiger partial charge >= 0.3 is 0 Å². The Morgan fingerprint density at radius 1 is 1.35 bits per heavy atom. The molecule has 1 aromatic carbocycles. The first-order valence-electron chi connectivity index (χ1n) is 5.59. The Balaban J connectivity index is 2.35. The van der Waals surface area contributed by atoms with Crippen molar-refractivity contribution in [1.82, 2.24) is 14.8 Å². The second kappa shape index (κ2) is 3.93. The molecule has 3 aromatic rings. The summed E-state index contributed by atoms with van der Waals surface area (Å²) in [6.07, 6.45) is 1.92. The molecule has 3 rings (SSSR count). The van der Waals surface area contributed by atoms with Gasteiger partial charge in [-0.15, -0.1) is 0 Å². The minimum absolute atomic E-state index is 0.719. The summed E-state index contributed by atoms with van der Waals surface area (Å²) in [4.78, 5) is 3.23. The highest BCUT2D eigenvalue weighted by molar-refractivity contribution is 6.31. The van der Waals surface area contributed by atoms with E-state index >= 15 is 0 Å². The van der Waals surface area contributed by atoms with Crippen molar-refractivity contribution < 1.29 is 0 Å². The smallest absolute Gasteiger partial charge is 0.0945 e. The molecule has 0 amide bonds. The highest BCUT2D eigenvalue weighted by Crippen LogP contribution is 2.29. The molecule has 0 saturated heterocycles. The van der Waals surface area contributed by atoms with E-state index in [-0.39, 0.29) is 0 Å². The van der Waals surface area contributed by atoms with Gasteiger partial charge in [-0.1, -0.05) is 11.6 Å². The summed E-state index contributed by atoms with van der Waals surface area (Å²) >= 11 is 5.99. The molecule has 1 N–H and O–H groups in total. The van der Waals surface area contributed by atoms with Gasteiger partial charge in [0.2, 0.25) is 0 Å². The molecule has 0 saturated carbocycles. The average Bonchev–Trinajstić information content (AvgIpc) is 2.93. The number of H-pyrrole nitrogens is 1. The van der Waals surface area contributed by atoms with Crippen LogP contribution < -0.4 is 0 Å². The Kier molecular flexibility index (Phi) is 2.41. The SMILES string of the molecule is CCn1nc2cc(Cl)ccc2c1-c1ccc[nH]1. The van der Waals surface area contributed by atoms with Gasteiger partial charge in [-0.05, 0) is 37.3 Å². The molecule has 0 spiro atoms. The van der Waals surface area contributed by atoms with Gasteiger partial charge in [0.25, 0.3) is 0 Å². The Labute approximate surface area is 104 Å². The number of rotatable bonds is 2. The van der Waals surface area contributed by atoms with Crippen molar-refractivity contribution in [2.24, 2.45) is 0 Å². The summed E-state index contributed by atoms with van der Waals surface area (Å²) in [6, 6.07) is 9.86. The van der Waals surface area contributed by atoms with Crippen LogP contribution in [0.1, 0.15) is 6.92 Å². The molecule has 86 valence electrons. The van der Waals surface area contributed by atoms with Crippen LogP contribution in [0.15, 0.2) is 36.5 Å². The van der Waals surface area contributed by atoms with Crippen LogP contribution in [0.25, 0.3) is 22.3 Å². The zero-order valence-electron chi connectivity index (χ0n) is 9.44. The molecule has 0 aliphatic carbocycles. The number of aryl methyl sites for hydroxylation is 1. The topological polar surface area (TPSA) is 33.6 Å². The number of aromatic nitrogens is 3. The van der Waals surface area contributed by atoms with E-state index in [1.807, 2.05) is 35.1 Å². The summed E-state index contributed by atoms with van der Waals surface area (Å²) in [5.41, 5.74) is 3.13. The fourth-order valence-electron chi connectivity index (χ4n) is 2.10. The van der Waals surface area contributed by atoms with Gasteiger partial charge in [0.15, 0.2) is 0 Å². The maximum Gasteiger partial charge on any atom is 0.0945 e. The second-order valence-electron chi connectivity index (χ2n) is 3.91. The number of fused-ring (bicyclic) bond motifs is 1. The van der Waals surface area contributed by atoms with Crippen LogP contribution in [0, 0.1) is 0 Å². The quantitative estimate of drug-likeness (QED) is 0.734. The van der Waals surface area contributed by atoms with Gasteiger partial charge in [0.05, 0.1) is 16.9 Å². The van der Waals surface area contributed by atoms with Crippen LogP contribution in [-0.2, 0) is 6.54 Å². The molecule has 0 aliphatic heterocycles. The van der Waals surface area contributed by atoms with Gasteiger partial charge in [-0.3, -0.25) is 4.68 Å². The molecule has 3 nitrogen and oxygen atoms in total. The van der Waals surface area contributed by atoms with Crippen molar-refractivity contribution in [2.75, 3.05) is 0 Å². The fraction of sp³-hybridized carbons (Fsp3) is 0.154. The maximum atomic E-state index is 5.99. The minimum Gasteiger partial charge on any atom is -0.360 e. The van der Waals surface area contributed by atoms with E-state index in [4.69, 9.17) is 11.6 Å². The van der Waals surface area contributed by atoms with Crippen LogP contribution in [-0.4, -0.2) is 14.8 Å². The van der Waals surface area contributed by atoms with Crippen molar-refractivity contribution in [1.29, 1.82) is 0 Å². The summed E-state index contributed by atoms with van der Waals surface area (Å²) in [6.45, 7) is 2.92. The molecule has 17 heavy (non-hydrogen) atoms. The van der Waals surface area contributed by atoms with Crippen LogP contribution in [0.4, 0.5) is 0 Å². The molecule has 0 radical (unpaired) electrons. The third-order valence-corrected chi connectivity index (χ3v) is 3.09. The molecule has 0 bridgehead atoms. The van der Waals surface area contributed by atoms with Crippen molar-refractivity contribution in [2.45, 2.75) is 13.5 Å². The molecule has 0 atom stereocenters. The number of hydrogen-bond acceptors (Lipinski definition) is 1. The molecule has 0 unspecified atom stereocenters. The number of halogens is 1. The third-order valence-electron chi connectivity index (χ3n) is 2.85. The van der Waals surface area contributed by atoms with Gasteiger partial charge in [-0.2, -0.15) is 5.10 Å². The Morgan fingerprint density at radius 2 is 2.24 bits per heavy atom. The van der Waals surface area contributed by atoms with Crippen LogP contribution in [0.3, 0.4) is 0 Å².